The molecule has 0 radical (unpaired) electrons. The molecule has 3 atom stereocenters. The highest BCUT2D eigenvalue weighted by Crippen LogP contribution is 2.38. The summed E-state index contributed by atoms with van der Waals surface area (Å²) in [6, 6.07) is 17.4. The van der Waals surface area contributed by atoms with Gasteiger partial charge in [0.2, 0.25) is 5.91 Å². The number of amides is 1. The molecule has 0 saturated carbocycles. The highest BCUT2D eigenvalue weighted by molar-refractivity contribution is 6.19. The molecule has 43 heavy (non-hydrogen) atoms. The van der Waals surface area contributed by atoms with Gasteiger partial charge in [-0.15, -0.1) is 11.6 Å². The van der Waals surface area contributed by atoms with Gasteiger partial charge in [0.15, 0.2) is 0 Å². The molecule has 2 fully saturated rings. The molecule has 3 aliphatic heterocycles. The van der Waals surface area contributed by atoms with E-state index in [1.165, 1.54) is 16.8 Å². The number of ether oxygens (including phenoxy) is 2. The molecule has 6 rings (SSSR count). The van der Waals surface area contributed by atoms with Crippen LogP contribution in [0, 0.1) is 11.3 Å². The van der Waals surface area contributed by atoms with E-state index in [9.17, 15) is 10.1 Å². The van der Waals surface area contributed by atoms with Gasteiger partial charge in [0.1, 0.15) is 12.4 Å². The molecule has 3 aromatic rings. The lowest BCUT2D eigenvalue weighted by Crippen LogP contribution is -2.55. The van der Waals surface area contributed by atoms with Crippen molar-refractivity contribution in [3.05, 3.63) is 71.4 Å². The van der Waals surface area contributed by atoms with Crippen LogP contribution in [0.4, 0.5) is 5.82 Å². The third-order valence-electron chi connectivity index (χ3n) is 8.85. The number of piperazine rings is 1. The molecule has 10 heteroatoms. The summed E-state index contributed by atoms with van der Waals surface area (Å²) in [5.41, 5.74) is 3.01. The third-order valence-corrected chi connectivity index (χ3v) is 9.02. The Hall–Kier alpha value is -3.71. The summed E-state index contributed by atoms with van der Waals surface area (Å²) in [6.07, 6.45) is 6.05. The molecule has 9 nitrogen and oxygen atoms in total. The molecule has 1 aromatic heterocycles. The van der Waals surface area contributed by atoms with Gasteiger partial charge in [0.25, 0.3) is 0 Å². The van der Waals surface area contributed by atoms with Crippen LogP contribution < -0.4 is 9.64 Å². The number of benzene rings is 2. The van der Waals surface area contributed by atoms with E-state index < -0.39 is 0 Å². The third kappa shape index (κ3) is 6.32. The first-order chi connectivity index (χ1) is 21.1. The van der Waals surface area contributed by atoms with Gasteiger partial charge >= 0.3 is 6.01 Å². The Bertz CT molecular complexity index is 1540. The van der Waals surface area contributed by atoms with E-state index >= 15 is 0 Å². The van der Waals surface area contributed by atoms with Crippen molar-refractivity contribution in [2.24, 2.45) is 0 Å². The fraction of sp³-hybridized carbons (Fsp3) is 0.455. The molecule has 3 aliphatic rings. The Labute approximate surface area is 257 Å². The summed E-state index contributed by atoms with van der Waals surface area (Å²) in [5, 5.41) is 11.9. The van der Waals surface area contributed by atoms with Crippen molar-refractivity contribution in [1.82, 2.24) is 19.8 Å². The molecule has 2 aromatic carbocycles. The van der Waals surface area contributed by atoms with Crippen molar-refractivity contribution in [1.29, 1.82) is 5.26 Å². The number of carbonyl (C=O) groups is 1. The minimum Gasteiger partial charge on any atom is -0.462 e. The van der Waals surface area contributed by atoms with Gasteiger partial charge in [-0.3, -0.25) is 4.79 Å². The summed E-state index contributed by atoms with van der Waals surface area (Å²) in [6.45, 7) is 3.49. The number of carbonyl (C=O) groups excluding carboxylic acids is 1. The summed E-state index contributed by atoms with van der Waals surface area (Å²) in [4.78, 5) is 29.0. The zero-order chi connectivity index (χ0) is 29.8. The predicted molar refractivity (Wildman–Crippen MR) is 166 cm³/mol. The number of nitrogens with zero attached hydrogens (tertiary/aromatic N) is 6. The van der Waals surface area contributed by atoms with E-state index in [2.05, 4.69) is 65.4 Å². The SMILES string of the molecule is CN1CCC[C@H]1COc1nc2c(c(N3CCN(C(=O)/C=C/CCl)[C@@H](CC#N)C3)n1)COC(c1cccc3ccccc13)C2. The zero-order valence-corrected chi connectivity index (χ0v) is 25.2. The van der Waals surface area contributed by atoms with Crippen molar-refractivity contribution < 1.29 is 14.3 Å². The largest absolute Gasteiger partial charge is 0.462 e. The van der Waals surface area contributed by atoms with Crippen molar-refractivity contribution in [3.63, 3.8) is 0 Å². The quantitative estimate of drug-likeness (QED) is 0.273. The van der Waals surface area contributed by atoms with Crippen molar-refractivity contribution in [3.8, 4) is 12.1 Å². The lowest BCUT2D eigenvalue weighted by Gasteiger charge is -2.42. The number of aromatic nitrogens is 2. The number of alkyl halides is 1. The molecular weight excluding hydrogens is 564 g/mol. The second-order valence-electron chi connectivity index (χ2n) is 11.5. The van der Waals surface area contributed by atoms with Crippen molar-refractivity contribution in [2.75, 3.05) is 50.6 Å². The maximum Gasteiger partial charge on any atom is 0.318 e. The Morgan fingerprint density at radius 2 is 2.02 bits per heavy atom. The minimum atomic E-state index is -0.277. The normalized spacial score (nSPS) is 22.6. The molecule has 4 heterocycles. The van der Waals surface area contributed by atoms with Gasteiger partial charge in [0, 0.05) is 49.6 Å². The molecule has 0 aliphatic carbocycles. The topological polar surface area (TPSA) is 94.8 Å². The number of anilines is 1. The number of rotatable bonds is 8. The van der Waals surface area contributed by atoms with Crippen LogP contribution >= 0.6 is 11.6 Å². The van der Waals surface area contributed by atoms with Gasteiger partial charge in [-0.1, -0.05) is 48.5 Å². The van der Waals surface area contributed by atoms with E-state index in [4.69, 9.17) is 31.0 Å². The first-order valence-electron chi connectivity index (χ1n) is 15.0. The highest BCUT2D eigenvalue weighted by Gasteiger charge is 2.34. The second kappa shape index (κ2) is 13.3. The van der Waals surface area contributed by atoms with Gasteiger partial charge in [-0.25, -0.2) is 0 Å². The number of allylic oxidation sites excluding steroid dienone is 1. The Morgan fingerprint density at radius 3 is 2.84 bits per heavy atom. The number of nitriles is 1. The first-order valence-corrected chi connectivity index (χ1v) is 15.6. The molecule has 224 valence electrons. The molecule has 0 spiro atoms. The number of halogens is 1. The van der Waals surface area contributed by atoms with Crippen molar-refractivity contribution >= 4 is 34.1 Å². The molecule has 0 N–H and O–H groups in total. The van der Waals surface area contributed by atoms with E-state index in [-0.39, 0.29) is 30.4 Å². The standard InChI is InChI=1S/C33H37ClN6O3/c1-38-16-6-9-25(38)21-43-33-36-29-19-30(27-11-4-8-23-7-2-3-10-26(23)27)42-22-28(29)32(37-33)39-17-18-40(24(20-39)13-15-35)31(41)12-5-14-34/h2-5,7-8,10-12,24-25,30H,6,9,13-14,16-22H2,1H3/b12-5+/t24-,25-,30?/m0/s1. The van der Waals surface area contributed by atoms with Crippen LogP contribution in [-0.2, 0) is 22.6 Å². The minimum absolute atomic E-state index is 0.128. The summed E-state index contributed by atoms with van der Waals surface area (Å²) in [7, 11) is 2.13. The van der Waals surface area contributed by atoms with E-state index in [0.717, 1.165) is 42.0 Å². The van der Waals surface area contributed by atoms with Gasteiger partial charge in [-0.05, 0) is 42.8 Å². The van der Waals surface area contributed by atoms with E-state index in [0.29, 0.717) is 51.3 Å². The molecule has 0 bridgehead atoms. The lowest BCUT2D eigenvalue weighted by atomic mass is 9.94. The Balaban J connectivity index is 1.31. The van der Waals surface area contributed by atoms with Gasteiger partial charge < -0.3 is 24.2 Å². The van der Waals surface area contributed by atoms with Crippen LogP contribution in [0.25, 0.3) is 10.8 Å². The lowest BCUT2D eigenvalue weighted by molar-refractivity contribution is -0.128. The van der Waals surface area contributed by atoms with Crippen LogP contribution in [0.15, 0.2) is 54.6 Å². The first kappa shape index (κ1) is 29.4. The van der Waals surface area contributed by atoms with Gasteiger partial charge in [-0.2, -0.15) is 15.2 Å². The fourth-order valence-electron chi connectivity index (χ4n) is 6.51. The maximum absolute atomic E-state index is 12.9. The second-order valence-corrected chi connectivity index (χ2v) is 11.8. The average Bonchev–Trinajstić information content (AvgIpc) is 3.46. The van der Waals surface area contributed by atoms with E-state index in [1.54, 1.807) is 11.0 Å². The fourth-order valence-corrected chi connectivity index (χ4v) is 6.60. The molecule has 1 unspecified atom stereocenters. The Kier molecular flexibility index (Phi) is 9.08. The molecule has 2 saturated heterocycles. The number of fused-ring (bicyclic) bond motifs is 2. The van der Waals surface area contributed by atoms with Crippen LogP contribution in [-0.4, -0.2) is 83.5 Å². The average molecular weight is 601 g/mol. The molecule has 1 amide bonds. The number of likely N-dealkylation sites (tertiary alicyclic amines) is 1. The monoisotopic (exact) mass is 600 g/mol. The number of likely N-dealkylation sites (N-methyl/N-ethyl adjacent to an activating group) is 1. The highest BCUT2D eigenvalue weighted by atomic mass is 35.5. The smallest absolute Gasteiger partial charge is 0.318 e. The predicted octanol–water partition coefficient (Wildman–Crippen LogP) is 4.64. The van der Waals surface area contributed by atoms with Gasteiger partial charge in [0.05, 0.1) is 36.9 Å². The number of hydrogen-bond donors (Lipinski definition) is 0. The molecular formula is C33H37ClN6O3. The summed E-state index contributed by atoms with van der Waals surface area (Å²) in [5.74, 6) is 0.902. The van der Waals surface area contributed by atoms with E-state index in [1.807, 2.05) is 0 Å². The van der Waals surface area contributed by atoms with Crippen LogP contribution in [0.1, 0.15) is 42.2 Å². The van der Waals surface area contributed by atoms with Crippen LogP contribution in [0.5, 0.6) is 6.01 Å². The van der Waals surface area contributed by atoms with Crippen molar-refractivity contribution in [2.45, 2.75) is 50.5 Å². The number of hydrogen-bond acceptors (Lipinski definition) is 8. The summed E-state index contributed by atoms with van der Waals surface area (Å²) < 4.78 is 12.8. The van der Waals surface area contributed by atoms with Crippen LogP contribution in [0.2, 0.25) is 0 Å². The van der Waals surface area contributed by atoms with Crippen LogP contribution in [0.3, 0.4) is 0 Å². The summed E-state index contributed by atoms with van der Waals surface area (Å²) >= 11 is 5.76. The Morgan fingerprint density at radius 1 is 1.16 bits per heavy atom. The zero-order valence-electron chi connectivity index (χ0n) is 24.5. The maximum atomic E-state index is 12.9.